The molecule has 0 saturated carbocycles. The fourth-order valence-corrected chi connectivity index (χ4v) is 1.59. The van der Waals surface area contributed by atoms with E-state index in [0.717, 1.165) is 19.6 Å². The Balaban J connectivity index is 1.71. The van der Waals surface area contributed by atoms with Crippen LogP contribution in [0.25, 0.3) is 0 Å². The van der Waals surface area contributed by atoms with Gasteiger partial charge in [-0.05, 0) is 18.6 Å². The molecule has 2 rings (SSSR count). The normalized spacial score (nSPS) is 19.6. The minimum Gasteiger partial charge on any atom is -0.381 e. The summed E-state index contributed by atoms with van der Waals surface area (Å²) < 4.78 is 5.21. The third kappa shape index (κ3) is 3.05. The SMILES string of the molecule is O=C(NOCC1CCOC1)c1ccccc1. The van der Waals surface area contributed by atoms with Crippen LogP contribution in [0.2, 0.25) is 0 Å². The average molecular weight is 221 g/mol. The van der Waals surface area contributed by atoms with Crippen LogP contribution in [0.5, 0.6) is 0 Å². The smallest absolute Gasteiger partial charge is 0.274 e. The van der Waals surface area contributed by atoms with E-state index < -0.39 is 0 Å². The first-order chi connectivity index (χ1) is 7.86. The highest BCUT2D eigenvalue weighted by molar-refractivity contribution is 5.93. The zero-order valence-corrected chi connectivity index (χ0v) is 9.02. The lowest BCUT2D eigenvalue weighted by molar-refractivity contribution is 0.0145. The summed E-state index contributed by atoms with van der Waals surface area (Å²) in [6.45, 7) is 2.03. The summed E-state index contributed by atoms with van der Waals surface area (Å²) >= 11 is 0. The van der Waals surface area contributed by atoms with Crippen LogP contribution in [0.4, 0.5) is 0 Å². The van der Waals surface area contributed by atoms with Crippen molar-refractivity contribution in [1.29, 1.82) is 0 Å². The first-order valence-electron chi connectivity index (χ1n) is 5.41. The number of rotatable bonds is 4. The number of amides is 1. The van der Waals surface area contributed by atoms with Gasteiger partial charge in [0.25, 0.3) is 5.91 Å². The van der Waals surface area contributed by atoms with Gasteiger partial charge in [0.1, 0.15) is 0 Å². The van der Waals surface area contributed by atoms with Crippen molar-refractivity contribution in [3.63, 3.8) is 0 Å². The van der Waals surface area contributed by atoms with E-state index in [4.69, 9.17) is 9.57 Å². The molecule has 1 saturated heterocycles. The number of hydroxylamine groups is 1. The standard InChI is InChI=1S/C12H15NO3/c14-12(11-4-2-1-3-5-11)13-16-9-10-6-7-15-8-10/h1-5,10H,6-9H2,(H,13,14). The van der Waals surface area contributed by atoms with Crippen molar-refractivity contribution in [2.24, 2.45) is 5.92 Å². The third-order valence-electron chi connectivity index (χ3n) is 2.54. The van der Waals surface area contributed by atoms with Gasteiger partial charge in [0.05, 0.1) is 13.2 Å². The molecule has 1 amide bonds. The van der Waals surface area contributed by atoms with E-state index in [1.54, 1.807) is 12.1 Å². The first kappa shape index (κ1) is 11.1. The van der Waals surface area contributed by atoms with E-state index in [1.165, 1.54) is 0 Å². The minimum atomic E-state index is -0.209. The van der Waals surface area contributed by atoms with Crippen LogP contribution >= 0.6 is 0 Å². The summed E-state index contributed by atoms with van der Waals surface area (Å²) in [7, 11) is 0. The molecule has 4 heteroatoms. The van der Waals surface area contributed by atoms with E-state index in [2.05, 4.69) is 5.48 Å². The quantitative estimate of drug-likeness (QED) is 0.781. The maximum absolute atomic E-state index is 11.6. The zero-order chi connectivity index (χ0) is 11.2. The molecule has 1 N–H and O–H groups in total. The molecule has 16 heavy (non-hydrogen) atoms. The lowest BCUT2D eigenvalue weighted by Gasteiger charge is -2.09. The molecule has 1 fully saturated rings. The number of hydrogen-bond donors (Lipinski definition) is 1. The molecule has 0 bridgehead atoms. The zero-order valence-electron chi connectivity index (χ0n) is 9.02. The second-order valence-electron chi connectivity index (χ2n) is 3.84. The van der Waals surface area contributed by atoms with E-state index >= 15 is 0 Å². The molecule has 1 aliphatic rings. The van der Waals surface area contributed by atoms with Crippen molar-refractivity contribution in [3.05, 3.63) is 35.9 Å². The molecule has 1 aliphatic heterocycles. The molecule has 4 nitrogen and oxygen atoms in total. The van der Waals surface area contributed by atoms with E-state index in [-0.39, 0.29) is 5.91 Å². The highest BCUT2D eigenvalue weighted by Crippen LogP contribution is 2.11. The van der Waals surface area contributed by atoms with E-state index in [9.17, 15) is 4.79 Å². The maximum atomic E-state index is 11.6. The Bertz CT molecular complexity index is 333. The van der Waals surface area contributed by atoms with Crippen LogP contribution < -0.4 is 5.48 Å². The Morgan fingerprint density at radius 1 is 1.44 bits per heavy atom. The number of carbonyl (C=O) groups excluding carboxylic acids is 1. The van der Waals surface area contributed by atoms with Gasteiger partial charge in [0.15, 0.2) is 0 Å². The Morgan fingerprint density at radius 3 is 2.94 bits per heavy atom. The number of hydrogen-bond acceptors (Lipinski definition) is 3. The van der Waals surface area contributed by atoms with Gasteiger partial charge in [-0.2, -0.15) is 0 Å². The van der Waals surface area contributed by atoms with Gasteiger partial charge in [-0.1, -0.05) is 18.2 Å². The summed E-state index contributed by atoms with van der Waals surface area (Å²) in [4.78, 5) is 16.7. The molecule has 0 aliphatic carbocycles. The van der Waals surface area contributed by atoms with Gasteiger partial charge >= 0.3 is 0 Å². The summed E-state index contributed by atoms with van der Waals surface area (Å²) in [6.07, 6.45) is 1.00. The van der Waals surface area contributed by atoms with Gasteiger partial charge in [-0.25, -0.2) is 5.48 Å². The second-order valence-corrected chi connectivity index (χ2v) is 3.84. The fraction of sp³-hybridized carbons (Fsp3) is 0.417. The Hall–Kier alpha value is -1.39. The van der Waals surface area contributed by atoms with Crippen molar-refractivity contribution >= 4 is 5.91 Å². The average Bonchev–Trinajstić information content (AvgIpc) is 2.83. The molecule has 1 heterocycles. The van der Waals surface area contributed by atoms with Gasteiger partial charge in [-0.15, -0.1) is 0 Å². The third-order valence-corrected chi connectivity index (χ3v) is 2.54. The molecule has 0 aromatic heterocycles. The van der Waals surface area contributed by atoms with Crippen LogP contribution in [0.3, 0.4) is 0 Å². The van der Waals surface area contributed by atoms with Crippen LogP contribution in [-0.4, -0.2) is 25.7 Å². The highest BCUT2D eigenvalue weighted by atomic mass is 16.7. The van der Waals surface area contributed by atoms with Gasteiger partial charge in [0, 0.05) is 18.1 Å². The summed E-state index contributed by atoms with van der Waals surface area (Å²) in [5.74, 6) is 0.190. The second kappa shape index (κ2) is 5.63. The van der Waals surface area contributed by atoms with Gasteiger partial charge in [0.2, 0.25) is 0 Å². The number of nitrogens with one attached hydrogen (secondary N) is 1. The fourth-order valence-electron chi connectivity index (χ4n) is 1.59. The summed E-state index contributed by atoms with van der Waals surface area (Å²) in [5, 5.41) is 0. The van der Waals surface area contributed by atoms with Crippen molar-refractivity contribution in [2.75, 3.05) is 19.8 Å². The Labute approximate surface area is 94.5 Å². The van der Waals surface area contributed by atoms with Crippen molar-refractivity contribution in [2.45, 2.75) is 6.42 Å². The number of carbonyl (C=O) groups is 1. The van der Waals surface area contributed by atoms with E-state index in [1.807, 2.05) is 18.2 Å². The van der Waals surface area contributed by atoms with Crippen molar-refractivity contribution in [1.82, 2.24) is 5.48 Å². The number of benzene rings is 1. The molecule has 1 unspecified atom stereocenters. The molecule has 1 aromatic rings. The monoisotopic (exact) mass is 221 g/mol. The number of ether oxygens (including phenoxy) is 1. The molecule has 1 aromatic carbocycles. The van der Waals surface area contributed by atoms with E-state index in [0.29, 0.717) is 18.1 Å². The minimum absolute atomic E-state index is 0.209. The lowest BCUT2D eigenvalue weighted by atomic mass is 10.1. The molecular weight excluding hydrogens is 206 g/mol. The molecular formula is C12H15NO3. The topological polar surface area (TPSA) is 47.6 Å². The summed E-state index contributed by atoms with van der Waals surface area (Å²) in [5.41, 5.74) is 3.03. The summed E-state index contributed by atoms with van der Waals surface area (Å²) in [6, 6.07) is 9.00. The van der Waals surface area contributed by atoms with Crippen molar-refractivity contribution in [3.8, 4) is 0 Å². The van der Waals surface area contributed by atoms with Gasteiger partial charge < -0.3 is 4.74 Å². The first-order valence-corrected chi connectivity index (χ1v) is 5.41. The van der Waals surface area contributed by atoms with Crippen LogP contribution in [-0.2, 0) is 9.57 Å². The molecule has 0 spiro atoms. The Morgan fingerprint density at radius 2 is 2.25 bits per heavy atom. The molecule has 1 atom stereocenters. The van der Waals surface area contributed by atoms with Crippen molar-refractivity contribution < 1.29 is 14.4 Å². The van der Waals surface area contributed by atoms with Crippen LogP contribution in [0.1, 0.15) is 16.8 Å². The van der Waals surface area contributed by atoms with Crippen LogP contribution in [0.15, 0.2) is 30.3 Å². The highest BCUT2D eigenvalue weighted by Gasteiger charge is 2.16. The molecule has 0 radical (unpaired) electrons. The molecule has 86 valence electrons. The maximum Gasteiger partial charge on any atom is 0.274 e. The van der Waals surface area contributed by atoms with Crippen LogP contribution in [0, 0.1) is 5.92 Å². The largest absolute Gasteiger partial charge is 0.381 e. The predicted molar refractivity (Wildman–Crippen MR) is 58.8 cm³/mol. The lowest BCUT2D eigenvalue weighted by Crippen LogP contribution is -2.26. The Kier molecular flexibility index (Phi) is 3.91. The van der Waals surface area contributed by atoms with Gasteiger partial charge in [-0.3, -0.25) is 9.63 Å². The predicted octanol–water partition coefficient (Wildman–Crippen LogP) is 1.38.